The van der Waals surface area contributed by atoms with E-state index in [0.29, 0.717) is 28.8 Å². The van der Waals surface area contributed by atoms with E-state index in [0.717, 1.165) is 4.90 Å². The predicted molar refractivity (Wildman–Crippen MR) is 101 cm³/mol. The molecule has 0 saturated heterocycles. The van der Waals surface area contributed by atoms with Crippen molar-refractivity contribution in [1.29, 1.82) is 0 Å². The Bertz CT molecular complexity index is 951. The van der Waals surface area contributed by atoms with Gasteiger partial charge in [0.15, 0.2) is 17.3 Å². The highest BCUT2D eigenvalue weighted by Crippen LogP contribution is 2.28. The van der Waals surface area contributed by atoms with Crippen LogP contribution in [0.2, 0.25) is 0 Å². The lowest BCUT2D eigenvalue weighted by Crippen LogP contribution is -2.17. The van der Waals surface area contributed by atoms with Crippen LogP contribution in [0.25, 0.3) is 0 Å². The Balaban J connectivity index is 1.91. The zero-order valence-electron chi connectivity index (χ0n) is 14.2. The van der Waals surface area contributed by atoms with Crippen LogP contribution in [0.5, 0.6) is 0 Å². The van der Waals surface area contributed by atoms with Gasteiger partial charge in [0, 0.05) is 17.2 Å². The Kier molecular flexibility index (Phi) is 5.74. The van der Waals surface area contributed by atoms with Gasteiger partial charge in [0.1, 0.15) is 5.82 Å². The minimum atomic E-state index is -0.717. The average molecular weight is 384 g/mol. The van der Waals surface area contributed by atoms with E-state index >= 15 is 0 Å². The molecule has 27 heavy (non-hydrogen) atoms. The maximum absolute atomic E-state index is 11.7. The molecule has 3 aromatic heterocycles. The average Bonchev–Trinajstić information content (AvgIpc) is 2.69. The first-order valence-corrected chi connectivity index (χ1v) is 8.97. The second-order valence-electron chi connectivity index (χ2n) is 5.23. The Labute approximate surface area is 158 Å². The topological polar surface area (TPSA) is 152 Å². The first-order valence-electron chi connectivity index (χ1n) is 7.74. The van der Waals surface area contributed by atoms with Gasteiger partial charge in [-0.2, -0.15) is 5.10 Å². The number of aliphatic hydroxyl groups excluding tert-OH is 1. The number of hydrogen-bond donors (Lipinski definition) is 4. The third-order valence-electron chi connectivity index (χ3n) is 3.41. The van der Waals surface area contributed by atoms with Gasteiger partial charge in [0.05, 0.1) is 18.0 Å². The number of hydrogen-bond acceptors (Lipinski definition) is 10. The van der Waals surface area contributed by atoms with Crippen molar-refractivity contribution in [2.45, 2.75) is 11.5 Å². The maximum Gasteiger partial charge on any atom is 0.271 e. The second kappa shape index (κ2) is 8.38. The summed E-state index contributed by atoms with van der Waals surface area (Å²) >= 11 is 1.51. The largest absolute Gasteiger partial charge is 0.390 e. The number of amides is 1. The van der Waals surface area contributed by atoms with Gasteiger partial charge in [-0.15, -0.1) is 27.1 Å². The highest BCUT2D eigenvalue weighted by Gasteiger charge is 2.15. The molecule has 3 aromatic rings. The predicted octanol–water partition coefficient (Wildman–Crippen LogP) is 1.46. The summed E-state index contributed by atoms with van der Waals surface area (Å²) in [5.74, 6) is 0.584. The quantitative estimate of drug-likeness (QED) is 0.440. The van der Waals surface area contributed by atoms with Crippen molar-refractivity contribution in [3.8, 4) is 0 Å². The SMILES string of the molecule is CSc1cccnc1Nc1cc(Nc2ccc(CO)nn2)nnc1C(N)=O. The Morgan fingerprint density at radius 3 is 2.63 bits per heavy atom. The van der Waals surface area contributed by atoms with Gasteiger partial charge < -0.3 is 21.5 Å². The van der Waals surface area contributed by atoms with Crippen molar-refractivity contribution in [1.82, 2.24) is 25.4 Å². The number of rotatable bonds is 7. The minimum absolute atomic E-state index is 0.0139. The molecule has 0 atom stereocenters. The molecule has 0 aliphatic carbocycles. The van der Waals surface area contributed by atoms with Crippen molar-refractivity contribution in [3.05, 3.63) is 47.9 Å². The number of nitrogens with one attached hydrogen (secondary N) is 2. The van der Waals surface area contributed by atoms with E-state index < -0.39 is 5.91 Å². The number of pyridine rings is 1. The van der Waals surface area contributed by atoms with Gasteiger partial charge in [-0.05, 0) is 30.5 Å². The van der Waals surface area contributed by atoms with Crippen molar-refractivity contribution in [3.63, 3.8) is 0 Å². The second-order valence-corrected chi connectivity index (χ2v) is 6.08. The van der Waals surface area contributed by atoms with Gasteiger partial charge in [0.2, 0.25) is 0 Å². The van der Waals surface area contributed by atoms with E-state index in [-0.39, 0.29) is 12.3 Å². The van der Waals surface area contributed by atoms with Crippen molar-refractivity contribution < 1.29 is 9.90 Å². The Hall–Kier alpha value is -3.31. The van der Waals surface area contributed by atoms with Crippen molar-refractivity contribution in [2.24, 2.45) is 5.73 Å². The molecule has 0 bridgehead atoms. The van der Waals surface area contributed by atoms with E-state index in [4.69, 9.17) is 10.8 Å². The highest BCUT2D eigenvalue weighted by atomic mass is 32.2. The van der Waals surface area contributed by atoms with Crippen LogP contribution in [0, 0.1) is 0 Å². The zero-order chi connectivity index (χ0) is 19.2. The van der Waals surface area contributed by atoms with Crippen LogP contribution in [0.3, 0.4) is 0 Å². The van der Waals surface area contributed by atoms with Gasteiger partial charge in [-0.1, -0.05) is 0 Å². The summed E-state index contributed by atoms with van der Waals surface area (Å²) < 4.78 is 0. The molecule has 11 heteroatoms. The summed E-state index contributed by atoms with van der Waals surface area (Å²) in [6.07, 6.45) is 3.56. The molecule has 0 aromatic carbocycles. The van der Waals surface area contributed by atoms with E-state index in [1.807, 2.05) is 18.4 Å². The number of thioether (sulfide) groups is 1. The normalized spacial score (nSPS) is 10.4. The smallest absolute Gasteiger partial charge is 0.271 e. The van der Waals surface area contributed by atoms with Gasteiger partial charge in [-0.3, -0.25) is 4.79 Å². The number of aliphatic hydroxyl groups is 1. The molecule has 0 aliphatic heterocycles. The van der Waals surface area contributed by atoms with E-state index in [1.54, 1.807) is 24.4 Å². The number of carbonyl (C=O) groups is 1. The number of primary amides is 1. The van der Waals surface area contributed by atoms with E-state index in [9.17, 15) is 4.79 Å². The fraction of sp³-hybridized carbons (Fsp3) is 0.125. The van der Waals surface area contributed by atoms with Crippen molar-refractivity contribution in [2.75, 3.05) is 16.9 Å². The van der Waals surface area contributed by atoms with Crippen LogP contribution < -0.4 is 16.4 Å². The van der Waals surface area contributed by atoms with Gasteiger partial charge in [0.25, 0.3) is 5.91 Å². The third kappa shape index (κ3) is 4.46. The molecule has 0 unspecified atom stereocenters. The molecule has 3 heterocycles. The van der Waals surface area contributed by atoms with Crippen LogP contribution in [0.15, 0.2) is 41.4 Å². The number of carbonyl (C=O) groups excluding carboxylic acids is 1. The molecule has 0 aliphatic rings. The third-order valence-corrected chi connectivity index (χ3v) is 4.18. The van der Waals surface area contributed by atoms with Gasteiger partial charge in [-0.25, -0.2) is 4.98 Å². The fourth-order valence-electron chi connectivity index (χ4n) is 2.15. The van der Waals surface area contributed by atoms with Crippen LogP contribution in [-0.2, 0) is 6.61 Å². The first-order chi connectivity index (χ1) is 13.1. The summed E-state index contributed by atoms with van der Waals surface area (Å²) in [4.78, 5) is 16.9. The molecular weight excluding hydrogens is 368 g/mol. The molecular formula is C16H16N8O2S. The fourth-order valence-corrected chi connectivity index (χ4v) is 2.66. The van der Waals surface area contributed by atoms with E-state index in [1.165, 1.54) is 11.8 Å². The highest BCUT2D eigenvalue weighted by molar-refractivity contribution is 7.98. The van der Waals surface area contributed by atoms with Crippen LogP contribution in [0.1, 0.15) is 16.2 Å². The number of aromatic nitrogens is 5. The van der Waals surface area contributed by atoms with Crippen molar-refractivity contribution >= 4 is 40.8 Å². The molecule has 0 fully saturated rings. The molecule has 138 valence electrons. The standard InChI is InChI=1S/C16H16N8O2S/c1-27-11-3-2-6-18-16(11)19-10-7-13(23-24-14(10)15(17)26)20-12-5-4-9(8-25)21-22-12/h2-7,25H,8H2,1H3,(H2,17,26)(H2,18,19,20,22,23). The van der Waals surface area contributed by atoms with Gasteiger partial charge >= 0.3 is 0 Å². The lowest BCUT2D eigenvalue weighted by Gasteiger charge is -2.12. The Morgan fingerprint density at radius 1 is 1.15 bits per heavy atom. The summed E-state index contributed by atoms with van der Waals surface area (Å²) in [5.41, 5.74) is 6.18. The minimum Gasteiger partial charge on any atom is -0.390 e. The van der Waals surface area contributed by atoms with Crippen LogP contribution in [0.4, 0.5) is 23.1 Å². The van der Waals surface area contributed by atoms with Crippen LogP contribution in [-0.4, -0.2) is 42.6 Å². The summed E-state index contributed by atoms with van der Waals surface area (Å²) in [6, 6.07) is 8.56. The number of nitrogens with two attached hydrogens (primary N) is 1. The molecule has 5 N–H and O–H groups in total. The maximum atomic E-state index is 11.7. The molecule has 0 saturated carbocycles. The summed E-state index contributed by atoms with van der Waals surface area (Å²) in [6.45, 7) is -0.198. The van der Waals surface area contributed by atoms with E-state index in [2.05, 4.69) is 36.0 Å². The summed E-state index contributed by atoms with van der Waals surface area (Å²) in [7, 11) is 0. The lowest BCUT2D eigenvalue weighted by molar-refractivity contribution is 0.0995. The van der Waals surface area contributed by atoms with Crippen LogP contribution >= 0.6 is 11.8 Å². The molecule has 0 radical (unpaired) electrons. The lowest BCUT2D eigenvalue weighted by atomic mass is 10.3. The zero-order valence-corrected chi connectivity index (χ0v) is 15.1. The summed E-state index contributed by atoms with van der Waals surface area (Å²) in [5, 5.41) is 30.6. The molecule has 10 nitrogen and oxygen atoms in total. The molecule has 1 amide bonds. The number of nitrogens with zero attached hydrogens (tertiary/aromatic N) is 5. The monoisotopic (exact) mass is 384 g/mol. The first kappa shape index (κ1) is 18.5. The molecule has 3 rings (SSSR count). The Morgan fingerprint density at radius 2 is 1.96 bits per heavy atom. The number of anilines is 4. The molecule has 0 spiro atoms.